The van der Waals surface area contributed by atoms with E-state index < -0.39 is 35.9 Å². The van der Waals surface area contributed by atoms with Crippen LogP contribution in [-0.4, -0.2) is 43.7 Å². The van der Waals surface area contributed by atoms with E-state index in [1.807, 2.05) is 0 Å². The van der Waals surface area contributed by atoms with E-state index in [-0.39, 0.29) is 19.4 Å². The zero-order valence-electron chi connectivity index (χ0n) is 9.71. The minimum absolute atomic E-state index is 0.00412. The van der Waals surface area contributed by atoms with Crippen molar-refractivity contribution in [3.63, 3.8) is 0 Å². The van der Waals surface area contributed by atoms with E-state index in [4.69, 9.17) is 29.4 Å². The van der Waals surface area contributed by atoms with Crippen LogP contribution in [0.25, 0.3) is 0 Å². The van der Waals surface area contributed by atoms with Gasteiger partial charge in [0.25, 0.3) is 0 Å². The van der Waals surface area contributed by atoms with Gasteiger partial charge >= 0.3 is 23.5 Å². The fraction of sp³-hybridized carbons (Fsp3) is 1.00. The molecule has 0 aromatic carbocycles. The van der Waals surface area contributed by atoms with E-state index in [1.165, 1.54) is 0 Å². The van der Waals surface area contributed by atoms with E-state index in [0.29, 0.717) is 0 Å². The highest BCUT2D eigenvalue weighted by Crippen LogP contribution is 2.66. The van der Waals surface area contributed by atoms with Gasteiger partial charge in [0.05, 0.1) is 12.7 Å². The Kier molecular flexibility index (Phi) is 6.08. The van der Waals surface area contributed by atoms with Crippen LogP contribution in [0.2, 0.25) is 0 Å². The van der Waals surface area contributed by atoms with E-state index in [1.54, 1.807) is 0 Å². The van der Waals surface area contributed by atoms with Crippen LogP contribution in [0.15, 0.2) is 0 Å². The smallest absolute Gasteiger partial charge is 0.391 e. The molecule has 0 aliphatic carbocycles. The van der Waals surface area contributed by atoms with Gasteiger partial charge in [0.1, 0.15) is 0 Å². The number of hydrogen-bond donors (Lipinski definition) is 5. The molecule has 15 heteroatoms. The zero-order valence-corrected chi connectivity index (χ0v) is 12.4. The first-order chi connectivity index (χ1) is 8.89. The number of aliphatic hydroxyl groups excluding tert-OH is 1. The molecule has 12 nitrogen and oxygen atoms in total. The molecule has 0 aromatic rings. The van der Waals surface area contributed by atoms with Gasteiger partial charge in [0.2, 0.25) is 0 Å². The molecular formula is C5H13O12P3. The van der Waals surface area contributed by atoms with Gasteiger partial charge in [-0.05, 0) is 6.42 Å². The highest BCUT2D eigenvalue weighted by atomic mass is 31.3. The summed E-state index contributed by atoms with van der Waals surface area (Å²) in [7, 11) is -16.1. The fourth-order valence-electron chi connectivity index (χ4n) is 1.24. The largest absolute Gasteiger partial charge is 0.490 e. The Bertz CT molecular complexity index is 462. The van der Waals surface area contributed by atoms with E-state index in [9.17, 15) is 13.7 Å². The lowest BCUT2D eigenvalue weighted by Crippen LogP contribution is -2.30. The third-order valence-corrected chi connectivity index (χ3v) is 5.71. The minimum Gasteiger partial charge on any atom is -0.391 e. The Morgan fingerprint density at radius 2 is 1.55 bits per heavy atom. The maximum absolute atomic E-state index is 11.4. The predicted octanol–water partition coefficient (Wildman–Crippen LogP) is -0.173. The molecule has 1 saturated heterocycles. The van der Waals surface area contributed by atoms with Crippen LogP contribution in [0.1, 0.15) is 12.8 Å². The molecular weight excluding hydrogens is 345 g/mol. The SMILES string of the molecule is O=P(O)(O)OP(=O)(O)OP(=O)(O)OC1CC[C@H](O)CO1. The zero-order chi connectivity index (χ0) is 15.6. The van der Waals surface area contributed by atoms with Crippen molar-refractivity contribution in [1.29, 1.82) is 0 Å². The molecule has 5 N–H and O–H groups in total. The summed E-state index contributed by atoms with van der Waals surface area (Å²) in [5.74, 6) is 0. The number of aliphatic hydroxyl groups is 1. The second-order valence-corrected chi connectivity index (χ2v) is 8.06. The first-order valence-corrected chi connectivity index (χ1v) is 9.52. The Morgan fingerprint density at radius 1 is 0.950 bits per heavy atom. The van der Waals surface area contributed by atoms with Crippen LogP contribution >= 0.6 is 23.5 Å². The summed E-state index contributed by atoms with van der Waals surface area (Å²) in [5.41, 5.74) is 0. The van der Waals surface area contributed by atoms with Crippen molar-refractivity contribution in [2.24, 2.45) is 0 Å². The molecule has 20 heavy (non-hydrogen) atoms. The lowest BCUT2D eigenvalue weighted by Gasteiger charge is -2.27. The molecule has 0 radical (unpaired) electrons. The summed E-state index contributed by atoms with van der Waals surface area (Å²) in [6, 6.07) is 0. The molecule has 1 aliphatic heterocycles. The molecule has 1 heterocycles. The van der Waals surface area contributed by atoms with Gasteiger partial charge in [0, 0.05) is 6.42 Å². The molecule has 1 rings (SSSR count). The van der Waals surface area contributed by atoms with Crippen molar-refractivity contribution in [3.05, 3.63) is 0 Å². The van der Waals surface area contributed by atoms with Crippen molar-refractivity contribution >= 4 is 23.5 Å². The third-order valence-electron chi connectivity index (χ3n) is 1.88. The fourth-order valence-corrected chi connectivity index (χ4v) is 4.37. The molecule has 4 atom stereocenters. The van der Waals surface area contributed by atoms with Crippen LogP contribution in [0.5, 0.6) is 0 Å². The van der Waals surface area contributed by atoms with Crippen molar-refractivity contribution in [2.45, 2.75) is 25.2 Å². The van der Waals surface area contributed by atoms with Crippen molar-refractivity contribution in [1.82, 2.24) is 0 Å². The summed E-state index contributed by atoms with van der Waals surface area (Å²) < 4.78 is 49.0. The first-order valence-electron chi connectivity index (χ1n) is 5.00. The maximum atomic E-state index is 11.4. The normalized spacial score (nSPS) is 30.4. The molecule has 120 valence electrons. The van der Waals surface area contributed by atoms with E-state index >= 15 is 0 Å². The van der Waals surface area contributed by atoms with Crippen LogP contribution in [0.4, 0.5) is 0 Å². The highest BCUT2D eigenvalue weighted by molar-refractivity contribution is 7.66. The van der Waals surface area contributed by atoms with Gasteiger partial charge in [-0.2, -0.15) is 8.62 Å². The second-order valence-electron chi connectivity index (χ2n) is 3.69. The van der Waals surface area contributed by atoms with E-state index in [2.05, 4.69) is 13.1 Å². The molecule has 1 aliphatic rings. The Labute approximate surface area is 112 Å². The van der Waals surface area contributed by atoms with Gasteiger partial charge in [-0.25, -0.2) is 13.7 Å². The van der Waals surface area contributed by atoms with Crippen molar-refractivity contribution in [2.75, 3.05) is 6.61 Å². The Hall–Kier alpha value is 0.330. The third kappa shape index (κ3) is 7.37. The first kappa shape index (κ1) is 18.4. The van der Waals surface area contributed by atoms with Crippen molar-refractivity contribution in [3.8, 4) is 0 Å². The van der Waals surface area contributed by atoms with Gasteiger partial charge in [0.15, 0.2) is 6.29 Å². The standard InChI is InChI=1S/C5H13O12P3/c6-4-1-2-5(14-3-4)15-19(10,11)17-20(12,13)16-18(7,8)9/h4-6H,1-3H2,(H,10,11)(H,12,13)(H2,7,8,9)/t4-,5?/m0/s1. The number of phosphoric acid groups is 3. The van der Waals surface area contributed by atoms with Crippen molar-refractivity contribution < 1.29 is 56.3 Å². The number of hydrogen-bond acceptors (Lipinski definition) is 8. The highest BCUT2D eigenvalue weighted by Gasteiger charge is 2.42. The molecule has 0 amide bonds. The van der Waals surface area contributed by atoms with Gasteiger partial charge in [-0.15, -0.1) is 0 Å². The van der Waals surface area contributed by atoms with Gasteiger partial charge < -0.3 is 29.4 Å². The summed E-state index contributed by atoms with van der Waals surface area (Å²) in [6.07, 6.45) is -1.86. The van der Waals surface area contributed by atoms with Crippen LogP contribution in [-0.2, 0) is 31.6 Å². The number of rotatable bonds is 6. The van der Waals surface area contributed by atoms with Crippen LogP contribution in [0.3, 0.4) is 0 Å². The molecule has 0 aromatic heterocycles. The Morgan fingerprint density at radius 3 is 2.00 bits per heavy atom. The van der Waals surface area contributed by atoms with E-state index in [0.717, 1.165) is 0 Å². The minimum atomic E-state index is -5.52. The molecule has 0 saturated carbocycles. The predicted molar refractivity (Wildman–Crippen MR) is 59.9 cm³/mol. The summed E-state index contributed by atoms with van der Waals surface area (Å²) >= 11 is 0. The van der Waals surface area contributed by atoms with Crippen LogP contribution in [0, 0.1) is 0 Å². The second kappa shape index (κ2) is 6.62. The average molecular weight is 358 g/mol. The summed E-state index contributed by atoms with van der Waals surface area (Å²) in [5, 5.41) is 9.10. The topological polar surface area (TPSA) is 189 Å². The Balaban J connectivity index is 2.58. The monoisotopic (exact) mass is 358 g/mol. The molecule has 0 bridgehead atoms. The lowest BCUT2D eigenvalue weighted by atomic mass is 10.2. The maximum Gasteiger partial charge on any atom is 0.490 e. The molecule has 0 spiro atoms. The van der Waals surface area contributed by atoms with Crippen LogP contribution < -0.4 is 0 Å². The summed E-state index contributed by atoms with van der Waals surface area (Å²) in [4.78, 5) is 34.7. The molecule has 1 fully saturated rings. The van der Waals surface area contributed by atoms with Gasteiger partial charge in [-0.1, -0.05) is 0 Å². The number of phosphoric ester groups is 1. The summed E-state index contributed by atoms with van der Waals surface area (Å²) in [6.45, 7) is -0.180. The van der Waals surface area contributed by atoms with Gasteiger partial charge in [-0.3, -0.25) is 4.52 Å². The average Bonchev–Trinajstić information content (AvgIpc) is 2.15. The number of ether oxygens (including phenoxy) is 1. The quantitative estimate of drug-likeness (QED) is 0.395. The molecule has 3 unspecified atom stereocenters. The lowest BCUT2D eigenvalue weighted by molar-refractivity contribution is -0.148.